The van der Waals surface area contributed by atoms with Gasteiger partial charge in [0.15, 0.2) is 0 Å². The summed E-state index contributed by atoms with van der Waals surface area (Å²) in [6.45, 7) is 7.94. The number of aryl methyl sites for hydroxylation is 1. The first-order chi connectivity index (χ1) is 24.0. The van der Waals surface area contributed by atoms with Crippen LogP contribution in [0.25, 0.3) is 0 Å². The van der Waals surface area contributed by atoms with Gasteiger partial charge in [0.25, 0.3) is 0 Å². The van der Waals surface area contributed by atoms with Gasteiger partial charge in [-0.25, -0.2) is 0 Å². The van der Waals surface area contributed by atoms with Gasteiger partial charge in [0.05, 0.1) is 18.2 Å². The maximum absolute atomic E-state index is 14.7. The van der Waals surface area contributed by atoms with Crippen molar-refractivity contribution in [3.05, 3.63) is 64.7 Å². The Kier molecular flexibility index (Phi) is 11.6. The minimum absolute atomic E-state index is 0.0935. The van der Waals surface area contributed by atoms with Crippen LogP contribution < -0.4 is 20.7 Å². The van der Waals surface area contributed by atoms with Crippen LogP contribution in [0.15, 0.2) is 42.5 Å². The van der Waals surface area contributed by atoms with Gasteiger partial charge in [-0.15, -0.1) is 0 Å². The lowest BCUT2D eigenvalue weighted by Crippen LogP contribution is -2.62. The van der Waals surface area contributed by atoms with Crippen LogP contribution in [-0.2, 0) is 33.8 Å². The van der Waals surface area contributed by atoms with Crippen LogP contribution >= 0.6 is 0 Å². The van der Waals surface area contributed by atoms with Crippen LogP contribution in [0.4, 0.5) is 0 Å². The fourth-order valence-electron chi connectivity index (χ4n) is 8.99. The van der Waals surface area contributed by atoms with Gasteiger partial charge in [-0.05, 0) is 111 Å². The third-order valence-corrected chi connectivity index (χ3v) is 12.1. The van der Waals surface area contributed by atoms with Crippen molar-refractivity contribution in [1.29, 1.82) is 0 Å². The minimum atomic E-state index is -0.809. The predicted octanol–water partition coefficient (Wildman–Crippen LogP) is 6.79. The number of amides is 3. The number of carbonyl (C=O) groups excluding carboxylic acids is 3. The number of nitrogens with zero attached hydrogens (tertiary/aromatic N) is 1. The van der Waals surface area contributed by atoms with Gasteiger partial charge in [0.1, 0.15) is 17.8 Å². The van der Waals surface area contributed by atoms with Crippen LogP contribution in [0, 0.1) is 17.3 Å². The van der Waals surface area contributed by atoms with Gasteiger partial charge in [-0.2, -0.15) is 0 Å². The Balaban J connectivity index is 1.24. The summed E-state index contributed by atoms with van der Waals surface area (Å²) < 4.78 is 6.66. The van der Waals surface area contributed by atoms with E-state index in [1.165, 1.54) is 50.5 Å². The van der Waals surface area contributed by atoms with Gasteiger partial charge >= 0.3 is 0 Å². The highest BCUT2D eigenvalue weighted by atomic mass is 16.5. The lowest BCUT2D eigenvalue weighted by molar-refractivity contribution is -0.147. The number of benzene rings is 2. The van der Waals surface area contributed by atoms with Crippen molar-refractivity contribution in [2.75, 3.05) is 7.05 Å². The molecule has 2 aromatic carbocycles. The molecule has 8 heteroatoms. The van der Waals surface area contributed by atoms with E-state index in [0.717, 1.165) is 66.4 Å². The van der Waals surface area contributed by atoms with Crippen molar-refractivity contribution >= 4 is 17.7 Å². The number of rotatable bonds is 9. The molecule has 1 aliphatic heterocycles. The molecule has 0 aromatic heterocycles. The Labute approximate surface area is 299 Å². The highest BCUT2D eigenvalue weighted by Gasteiger charge is 2.43. The van der Waals surface area contributed by atoms with Crippen molar-refractivity contribution in [2.24, 2.45) is 17.3 Å². The molecule has 1 heterocycles. The smallest absolute Gasteiger partial charge is 0.246 e. The topological polar surface area (TPSA) is 99.8 Å². The molecule has 272 valence electrons. The molecule has 50 heavy (non-hydrogen) atoms. The maximum Gasteiger partial charge on any atom is 0.246 e. The van der Waals surface area contributed by atoms with E-state index < -0.39 is 23.5 Å². The van der Waals surface area contributed by atoms with Gasteiger partial charge in [0, 0.05) is 13.0 Å². The lowest BCUT2D eigenvalue weighted by atomic mass is 9.83. The van der Waals surface area contributed by atoms with Crippen molar-refractivity contribution in [3.8, 4) is 5.75 Å². The second kappa shape index (κ2) is 15.9. The van der Waals surface area contributed by atoms with E-state index in [4.69, 9.17) is 4.74 Å². The molecule has 0 bridgehead atoms. The average Bonchev–Trinajstić information content (AvgIpc) is 3.55. The van der Waals surface area contributed by atoms with Gasteiger partial charge < -0.3 is 25.6 Å². The molecular weight excluding hydrogens is 624 g/mol. The highest BCUT2D eigenvalue weighted by molar-refractivity contribution is 5.94. The van der Waals surface area contributed by atoms with Gasteiger partial charge in [-0.1, -0.05) is 83.2 Å². The number of ether oxygens (including phenoxy) is 1. The Morgan fingerprint density at radius 2 is 1.58 bits per heavy atom. The summed E-state index contributed by atoms with van der Waals surface area (Å²) in [6, 6.07) is 12.5. The molecule has 2 aromatic rings. The summed E-state index contributed by atoms with van der Waals surface area (Å²) in [6.07, 6.45) is 15.0. The first-order valence-corrected chi connectivity index (χ1v) is 19.5. The molecule has 4 aliphatic rings. The normalized spacial score (nSPS) is 25.4. The summed E-state index contributed by atoms with van der Waals surface area (Å²) in [5.41, 5.74) is 3.92. The van der Waals surface area contributed by atoms with Crippen LogP contribution in [0.3, 0.4) is 0 Å². The van der Waals surface area contributed by atoms with E-state index in [2.05, 4.69) is 52.3 Å². The zero-order chi connectivity index (χ0) is 35.4. The Morgan fingerprint density at radius 3 is 2.34 bits per heavy atom. The Bertz CT molecular complexity index is 1510. The molecule has 8 nitrogen and oxygen atoms in total. The number of likely N-dealkylation sites (N-methyl/N-ethyl adjacent to an activating group) is 1. The van der Waals surface area contributed by atoms with E-state index in [1.807, 2.05) is 26.8 Å². The summed E-state index contributed by atoms with van der Waals surface area (Å²) in [4.78, 5) is 43.8. The molecule has 0 saturated heterocycles. The zero-order valence-corrected chi connectivity index (χ0v) is 31.1. The number of carbonyl (C=O) groups is 3. The molecule has 6 atom stereocenters. The Morgan fingerprint density at radius 1 is 0.840 bits per heavy atom. The standard InChI is InChI=1S/C42H60N4O4/c1-27(43-5)39(47)45-38(42(2,3)4)41(49)46-26-32-24-34(50-33-17-10-15-29(20-22-33)28-12-6-7-13-28)23-21-31(32)25-37(46)40(48)44-36-19-11-16-30-14-8-9-18-35(30)36/h8-9,14,18,21,23-24,27-29,33,36-38,43H,6-7,10-13,15-17,19-20,22,25-26H2,1-5H3,(H,44,48)(H,45,47)/t27-,29?,33?,36+,37-,38+/m0/s1. The molecule has 0 radical (unpaired) electrons. The molecule has 3 N–H and O–H groups in total. The highest BCUT2D eigenvalue weighted by Crippen LogP contribution is 2.40. The summed E-state index contributed by atoms with van der Waals surface area (Å²) in [7, 11) is 1.73. The zero-order valence-electron chi connectivity index (χ0n) is 31.1. The first kappa shape index (κ1) is 36.4. The maximum atomic E-state index is 14.7. The largest absolute Gasteiger partial charge is 0.490 e. The minimum Gasteiger partial charge on any atom is -0.490 e. The third-order valence-electron chi connectivity index (χ3n) is 12.1. The third kappa shape index (κ3) is 8.38. The van der Waals surface area contributed by atoms with Gasteiger partial charge in [0.2, 0.25) is 17.7 Å². The number of fused-ring (bicyclic) bond motifs is 2. The van der Waals surface area contributed by atoms with E-state index in [1.54, 1.807) is 18.9 Å². The Hall–Kier alpha value is -3.39. The van der Waals surface area contributed by atoms with Crippen LogP contribution in [0.1, 0.15) is 127 Å². The van der Waals surface area contributed by atoms with Crippen molar-refractivity contribution in [3.63, 3.8) is 0 Å². The van der Waals surface area contributed by atoms with E-state index >= 15 is 0 Å². The SMILES string of the molecule is CN[C@@H](C)C(=O)N[C@H](C(=O)N1Cc2cc(OC3CCCC(C4CCCC4)CC3)ccc2C[C@H]1C(=O)N[C@@H]1CCCc2ccccc21)C(C)(C)C. The van der Waals surface area contributed by atoms with Crippen molar-refractivity contribution in [2.45, 2.75) is 148 Å². The van der Waals surface area contributed by atoms with E-state index in [0.29, 0.717) is 6.42 Å². The summed E-state index contributed by atoms with van der Waals surface area (Å²) in [5, 5.41) is 9.35. The summed E-state index contributed by atoms with van der Waals surface area (Å²) in [5.74, 6) is 1.95. The molecule has 2 saturated carbocycles. The lowest BCUT2D eigenvalue weighted by Gasteiger charge is -2.42. The molecule has 2 fully saturated rings. The molecule has 3 amide bonds. The number of hydrogen-bond acceptors (Lipinski definition) is 5. The van der Waals surface area contributed by atoms with Crippen molar-refractivity contribution < 1.29 is 19.1 Å². The molecule has 2 unspecified atom stereocenters. The van der Waals surface area contributed by atoms with Crippen molar-refractivity contribution in [1.82, 2.24) is 20.9 Å². The van der Waals surface area contributed by atoms with E-state index in [9.17, 15) is 14.4 Å². The number of hydrogen-bond donors (Lipinski definition) is 3. The molecular formula is C42H60N4O4. The number of nitrogens with one attached hydrogen (secondary N) is 3. The van der Waals surface area contributed by atoms with Crippen LogP contribution in [0.5, 0.6) is 5.75 Å². The van der Waals surface area contributed by atoms with Gasteiger partial charge in [-0.3, -0.25) is 14.4 Å². The quantitative estimate of drug-likeness (QED) is 0.253. The predicted molar refractivity (Wildman–Crippen MR) is 198 cm³/mol. The van der Waals surface area contributed by atoms with Crippen LogP contribution in [-0.4, -0.2) is 53.9 Å². The van der Waals surface area contributed by atoms with Crippen LogP contribution in [0.2, 0.25) is 0 Å². The average molecular weight is 685 g/mol. The first-order valence-electron chi connectivity index (χ1n) is 19.5. The molecule has 0 spiro atoms. The second-order valence-corrected chi connectivity index (χ2v) is 16.6. The fourth-order valence-corrected chi connectivity index (χ4v) is 8.99. The summed E-state index contributed by atoms with van der Waals surface area (Å²) >= 11 is 0. The molecule has 3 aliphatic carbocycles. The van der Waals surface area contributed by atoms with E-state index in [-0.39, 0.29) is 36.4 Å². The second-order valence-electron chi connectivity index (χ2n) is 16.6. The molecule has 6 rings (SSSR count). The monoisotopic (exact) mass is 684 g/mol. The fraction of sp³-hybridized carbons (Fsp3) is 0.643.